The predicted molar refractivity (Wildman–Crippen MR) is 94.7 cm³/mol. The van der Waals surface area contributed by atoms with Gasteiger partial charge >= 0.3 is 0 Å². The third-order valence-corrected chi connectivity index (χ3v) is 3.84. The number of hydrogen-bond acceptors (Lipinski definition) is 4. The molecule has 5 nitrogen and oxygen atoms in total. The summed E-state index contributed by atoms with van der Waals surface area (Å²) in [5.74, 6) is 0.0699. The molecule has 2 aromatic carbocycles. The van der Waals surface area contributed by atoms with E-state index < -0.39 is 0 Å². The second-order valence-corrected chi connectivity index (χ2v) is 5.75. The number of nitrogens with zero attached hydrogens (tertiary/aromatic N) is 2. The molecule has 1 heterocycles. The molecule has 5 heteroatoms. The molecule has 2 aromatic rings. The van der Waals surface area contributed by atoms with Crippen LogP contribution < -0.4 is 5.32 Å². The van der Waals surface area contributed by atoms with Crippen LogP contribution in [0.25, 0.3) is 0 Å². The van der Waals surface area contributed by atoms with E-state index in [1.165, 1.54) is 0 Å². The van der Waals surface area contributed by atoms with Gasteiger partial charge in [-0.05, 0) is 24.6 Å². The van der Waals surface area contributed by atoms with Gasteiger partial charge in [0.1, 0.15) is 11.9 Å². The Morgan fingerprint density at radius 2 is 1.83 bits per heavy atom. The third kappa shape index (κ3) is 3.87. The summed E-state index contributed by atoms with van der Waals surface area (Å²) in [5, 5.41) is 12.2. The Morgan fingerprint density at radius 1 is 1.12 bits per heavy atom. The molecule has 0 aliphatic carbocycles. The number of phenols is 1. The summed E-state index contributed by atoms with van der Waals surface area (Å²) >= 11 is 0. The molecule has 0 bridgehead atoms. The summed E-state index contributed by atoms with van der Waals surface area (Å²) in [6, 6.07) is 16.3. The zero-order chi connectivity index (χ0) is 16.9. The van der Waals surface area contributed by atoms with Gasteiger partial charge < -0.3 is 10.4 Å². The van der Waals surface area contributed by atoms with Crippen LogP contribution in [0.1, 0.15) is 18.1 Å². The normalized spacial score (nSPS) is 19.6. The van der Waals surface area contributed by atoms with Gasteiger partial charge in [-0.3, -0.25) is 14.8 Å². The molecule has 2 unspecified atom stereocenters. The maximum absolute atomic E-state index is 12.2. The Morgan fingerprint density at radius 3 is 2.50 bits per heavy atom. The zero-order valence-electron chi connectivity index (χ0n) is 13.4. The maximum Gasteiger partial charge on any atom is 0.226 e. The largest absolute Gasteiger partial charge is 0.508 e. The molecule has 0 radical (unpaired) electrons. The number of hydrogen-bond donors (Lipinski definition) is 2. The van der Waals surface area contributed by atoms with Crippen molar-refractivity contribution in [3.63, 3.8) is 0 Å². The fraction of sp³-hybridized carbons (Fsp3) is 0.211. The van der Waals surface area contributed by atoms with Crippen LogP contribution in [-0.4, -0.2) is 35.1 Å². The molecule has 2 atom stereocenters. The van der Waals surface area contributed by atoms with Gasteiger partial charge in [0.05, 0.1) is 18.2 Å². The van der Waals surface area contributed by atoms with E-state index >= 15 is 0 Å². The zero-order valence-corrected chi connectivity index (χ0v) is 13.4. The van der Waals surface area contributed by atoms with Gasteiger partial charge in [-0.25, -0.2) is 0 Å². The monoisotopic (exact) mass is 321 g/mol. The van der Waals surface area contributed by atoms with Crippen molar-refractivity contribution in [1.29, 1.82) is 0 Å². The molecule has 0 spiro atoms. The van der Waals surface area contributed by atoms with Crippen LogP contribution in [0.15, 0.2) is 64.6 Å². The number of carbonyl (C=O) groups excluding carboxylic acids is 1. The number of phenolic OH excluding ortho intramolecular Hbond substituents is 1. The van der Waals surface area contributed by atoms with E-state index in [-0.39, 0.29) is 30.3 Å². The highest BCUT2D eigenvalue weighted by Gasteiger charge is 2.21. The number of aromatic hydroxyl groups is 1. The molecule has 0 saturated heterocycles. The van der Waals surface area contributed by atoms with E-state index in [2.05, 4.69) is 15.3 Å². The van der Waals surface area contributed by atoms with Crippen LogP contribution in [0.3, 0.4) is 0 Å². The average molecular weight is 321 g/mol. The van der Waals surface area contributed by atoms with Crippen LogP contribution in [-0.2, 0) is 11.2 Å². The van der Waals surface area contributed by atoms with E-state index in [9.17, 15) is 9.90 Å². The second-order valence-electron chi connectivity index (χ2n) is 5.75. The Bertz CT molecular complexity index is 767. The minimum atomic E-state index is -0.359. The first-order chi connectivity index (χ1) is 11.6. The fourth-order valence-corrected chi connectivity index (χ4v) is 2.53. The van der Waals surface area contributed by atoms with Crippen molar-refractivity contribution >= 4 is 17.8 Å². The maximum atomic E-state index is 12.2. The van der Waals surface area contributed by atoms with E-state index in [0.29, 0.717) is 0 Å². The lowest BCUT2D eigenvalue weighted by Gasteiger charge is -2.23. The first-order valence-corrected chi connectivity index (χ1v) is 7.85. The number of aliphatic imine (C=N–C) groups is 2. The molecule has 122 valence electrons. The lowest BCUT2D eigenvalue weighted by atomic mass is 10.1. The Kier molecular flexibility index (Phi) is 4.70. The first-order valence-electron chi connectivity index (χ1n) is 7.85. The van der Waals surface area contributed by atoms with Crippen molar-refractivity contribution in [1.82, 2.24) is 5.32 Å². The molecule has 0 saturated carbocycles. The van der Waals surface area contributed by atoms with Crippen molar-refractivity contribution in [2.24, 2.45) is 9.98 Å². The lowest BCUT2D eigenvalue weighted by molar-refractivity contribution is -0.121. The quantitative estimate of drug-likeness (QED) is 0.907. The number of rotatable bonds is 4. The van der Waals surface area contributed by atoms with Crippen molar-refractivity contribution in [2.45, 2.75) is 25.6 Å². The molecular formula is C19H19N3O2. The van der Waals surface area contributed by atoms with Gasteiger partial charge in [-0.15, -0.1) is 0 Å². The number of amides is 1. The van der Waals surface area contributed by atoms with Gasteiger partial charge in [0.25, 0.3) is 0 Å². The standard InChI is InChI=1S/C19H19N3O2/c1-13-19(20-12-17(21-13)15-5-3-2-4-6-15)22-18(24)11-14-7-9-16(23)10-8-14/h2-10,12-13,19,23H,11H2,1H3,(H,22,24). The highest BCUT2D eigenvalue weighted by atomic mass is 16.3. The molecule has 3 rings (SSSR count). The average Bonchev–Trinajstić information content (AvgIpc) is 2.59. The Balaban J connectivity index is 1.61. The smallest absolute Gasteiger partial charge is 0.226 e. The van der Waals surface area contributed by atoms with Crippen molar-refractivity contribution in [2.75, 3.05) is 0 Å². The number of benzene rings is 2. The molecule has 24 heavy (non-hydrogen) atoms. The van der Waals surface area contributed by atoms with Crippen LogP contribution in [0.4, 0.5) is 0 Å². The summed E-state index contributed by atoms with van der Waals surface area (Å²) in [5.41, 5.74) is 2.68. The van der Waals surface area contributed by atoms with Crippen molar-refractivity contribution in [3.05, 3.63) is 65.7 Å². The Labute approximate surface area is 140 Å². The van der Waals surface area contributed by atoms with Crippen LogP contribution >= 0.6 is 0 Å². The summed E-state index contributed by atoms with van der Waals surface area (Å²) < 4.78 is 0. The molecule has 1 amide bonds. The number of carbonyl (C=O) groups is 1. The third-order valence-electron chi connectivity index (χ3n) is 3.84. The van der Waals surface area contributed by atoms with E-state index in [1.807, 2.05) is 37.3 Å². The summed E-state index contributed by atoms with van der Waals surface area (Å²) in [6.45, 7) is 1.94. The van der Waals surface area contributed by atoms with Crippen molar-refractivity contribution < 1.29 is 9.90 Å². The summed E-state index contributed by atoms with van der Waals surface area (Å²) in [7, 11) is 0. The SMILES string of the molecule is CC1N=C(c2ccccc2)C=NC1NC(=O)Cc1ccc(O)cc1. The molecule has 1 aliphatic rings. The van der Waals surface area contributed by atoms with Crippen molar-refractivity contribution in [3.8, 4) is 5.75 Å². The number of nitrogens with one attached hydrogen (secondary N) is 1. The molecule has 0 aromatic heterocycles. The molecule has 1 aliphatic heterocycles. The molecule has 0 fully saturated rings. The molecule has 2 N–H and O–H groups in total. The van der Waals surface area contributed by atoms with E-state index in [0.717, 1.165) is 16.8 Å². The predicted octanol–water partition coefficient (Wildman–Crippen LogP) is 2.34. The topological polar surface area (TPSA) is 74.0 Å². The van der Waals surface area contributed by atoms with Gasteiger partial charge in [-0.1, -0.05) is 42.5 Å². The van der Waals surface area contributed by atoms with Gasteiger partial charge in [0.2, 0.25) is 5.91 Å². The minimum absolute atomic E-state index is 0.118. The van der Waals surface area contributed by atoms with E-state index in [1.54, 1.807) is 30.5 Å². The van der Waals surface area contributed by atoms with E-state index in [4.69, 9.17) is 0 Å². The minimum Gasteiger partial charge on any atom is -0.508 e. The van der Waals surface area contributed by atoms with Crippen LogP contribution in [0.2, 0.25) is 0 Å². The first kappa shape index (κ1) is 15.9. The van der Waals surface area contributed by atoms with Gasteiger partial charge in [0.15, 0.2) is 0 Å². The highest BCUT2D eigenvalue weighted by molar-refractivity contribution is 6.38. The highest BCUT2D eigenvalue weighted by Crippen LogP contribution is 2.12. The van der Waals surface area contributed by atoms with Crippen LogP contribution in [0.5, 0.6) is 5.75 Å². The second kappa shape index (κ2) is 7.08. The lowest BCUT2D eigenvalue weighted by Crippen LogP contribution is -2.43. The molecular weight excluding hydrogens is 302 g/mol. The summed E-state index contributed by atoms with van der Waals surface area (Å²) in [6.07, 6.45) is 1.59. The van der Waals surface area contributed by atoms with Gasteiger partial charge in [-0.2, -0.15) is 0 Å². The van der Waals surface area contributed by atoms with Crippen LogP contribution in [0, 0.1) is 0 Å². The Hall–Kier alpha value is -2.95. The van der Waals surface area contributed by atoms with Gasteiger partial charge in [0, 0.05) is 11.8 Å². The fourth-order valence-electron chi connectivity index (χ4n) is 2.53. The summed E-state index contributed by atoms with van der Waals surface area (Å²) in [4.78, 5) is 21.2.